The lowest BCUT2D eigenvalue weighted by atomic mass is 9.87. The van der Waals surface area contributed by atoms with Gasteiger partial charge in [0, 0.05) is 11.1 Å². The van der Waals surface area contributed by atoms with Gasteiger partial charge in [-0.05, 0) is 26.0 Å². The van der Waals surface area contributed by atoms with E-state index in [1.165, 1.54) is 12.1 Å². The van der Waals surface area contributed by atoms with E-state index in [1.54, 1.807) is 0 Å². The van der Waals surface area contributed by atoms with Gasteiger partial charge in [0.1, 0.15) is 0 Å². The van der Waals surface area contributed by atoms with Crippen molar-refractivity contribution in [2.75, 3.05) is 0 Å². The molecule has 0 aromatic heterocycles. The number of benzene rings is 1. The molecule has 0 saturated carbocycles. The van der Waals surface area contributed by atoms with Crippen molar-refractivity contribution in [3.05, 3.63) is 38.9 Å². The van der Waals surface area contributed by atoms with Gasteiger partial charge in [-0.25, -0.2) is 4.39 Å². The maximum absolute atomic E-state index is 13.6. The molecule has 0 saturated heterocycles. The van der Waals surface area contributed by atoms with E-state index in [9.17, 15) is 24.1 Å². The molecule has 0 aliphatic rings. The van der Waals surface area contributed by atoms with E-state index >= 15 is 0 Å². The first-order chi connectivity index (χ1) is 9.59. The summed E-state index contributed by atoms with van der Waals surface area (Å²) in [6.07, 6.45) is 0. The highest BCUT2D eigenvalue weighted by Gasteiger charge is 2.40. The van der Waals surface area contributed by atoms with Crippen LogP contribution in [-0.4, -0.2) is 22.2 Å². The highest BCUT2D eigenvalue weighted by Crippen LogP contribution is 2.27. The summed E-state index contributed by atoms with van der Waals surface area (Å²) < 4.78 is 13.6. The number of nitro benzene ring substituents is 1. The summed E-state index contributed by atoms with van der Waals surface area (Å²) in [5, 5.41) is 19.8. The van der Waals surface area contributed by atoms with E-state index in [1.807, 2.05) is 0 Å². The van der Waals surface area contributed by atoms with E-state index in [-0.39, 0.29) is 5.02 Å². The van der Waals surface area contributed by atoms with Crippen molar-refractivity contribution in [2.24, 2.45) is 5.92 Å². The summed E-state index contributed by atoms with van der Waals surface area (Å²) in [4.78, 5) is 33.9. The lowest BCUT2D eigenvalue weighted by Crippen LogP contribution is -2.36. The molecule has 0 aliphatic heterocycles. The minimum absolute atomic E-state index is 0.0175. The average molecular weight is 313 g/mol. The second kappa shape index (κ2) is 5.97. The summed E-state index contributed by atoms with van der Waals surface area (Å²) in [5.74, 6) is -4.33. The monoisotopic (exact) mass is 312 g/mol. The normalized spacial score (nSPS) is 12.3. The number of alkyl halides is 1. The van der Waals surface area contributed by atoms with Crippen molar-refractivity contribution in [1.29, 1.82) is 5.26 Å². The molecule has 0 N–H and O–H groups in total. The molecule has 0 radical (unpaired) electrons. The van der Waals surface area contributed by atoms with E-state index in [2.05, 4.69) is 0 Å². The van der Waals surface area contributed by atoms with E-state index in [0.717, 1.165) is 26.0 Å². The van der Waals surface area contributed by atoms with Crippen molar-refractivity contribution in [3.63, 3.8) is 0 Å². The predicted molar refractivity (Wildman–Crippen MR) is 71.7 cm³/mol. The summed E-state index contributed by atoms with van der Waals surface area (Å²) in [7, 11) is 0. The summed E-state index contributed by atoms with van der Waals surface area (Å²) in [6.45, 7) is 1.81. The lowest BCUT2D eigenvalue weighted by Gasteiger charge is -2.15. The largest absolute Gasteiger partial charge is 0.294 e. The van der Waals surface area contributed by atoms with Crippen LogP contribution in [-0.2, 0) is 4.79 Å². The highest BCUT2D eigenvalue weighted by atomic mass is 35.5. The van der Waals surface area contributed by atoms with Crippen LogP contribution in [0.15, 0.2) is 18.2 Å². The Kier molecular flexibility index (Phi) is 4.76. The summed E-state index contributed by atoms with van der Waals surface area (Å²) in [5.41, 5.74) is -3.51. The molecule has 0 bridgehead atoms. The quantitative estimate of drug-likeness (QED) is 0.360. The molecule has 1 aromatic carbocycles. The first kappa shape index (κ1) is 16.7. The molecule has 21 heavy (non-hydrogen) atoms. The van der Waals surface area contributed by atoms with Gasteiger partial charge >= 0.3 is 0 Å². The Bertz CT molecular complexity index is 661. The molecule has 1 unspecified atom stereocenters. The first-order valence-corrected chi connectivity index (χ1v) is 6.08. The molecule has 6 nitrogen and oxygen atoms in total. The Morgan fingerprint density at radius 1 is 1.48 bits per heavy atom. The van der Waals surface area contributed by atoms with Crippen LogP contribution in [0, 0.1) is 27.4 Å². The molecule has 0 heterocycles. The van der Waals surface area contributed by atoms with Crippen LogP contribution in [0.4, 0.5) is 10.1 Å². The predicted octanol–water partition coefficient (Wildman–Crippen LogP) is 2.89. The van der Waals surface area contributed by atoms with Crippen LogP contribution in [0.3, 0.4) is 0 Å². The molecule has 1 atom stereocenters. The van der Waals surface area contributed by atoms with Crippen LogP contribution < -0.4 is 0 Å². The van der Waals surface area contributed by atoms with Crippen molar-refractivity contribution >= 4 is 28.9 Å². The van der Waals surface area contributed by atoms with E-state index in [0.29, 0.717) is 0 Å². The Morgan fingerprint density at radius 2 is 2.05 bits per heavy atom. The third-order valence-corrected chi connectivity index (χ3v) is 2.90. The standard InChI is InChI=1S/C13H10ClFN2O4/c1-13(2,15)12(19)9(6-16)11(18)8-4-3-7(14)5-10(8)17(20)21/h3-5,9H,1-2H3. The van der Waals surface area contributed by atoms with Gasteiger partial charge in [0.15, 0.2) is 23.2 Å². The number of hydrogen-bond donors (Lipinski definition) is 0. The van der Waals surface area contributed by atoms with Crippen LogP contribution in [0.25, 0.3) is 0 Å². The Morgan fingerprint density at radius 3 is 2.48 bits per heavy atom. The van der Waals surface area contributed by atoms with Gasteiger partial charge < -0.3 is 0 Å². The SMILES string of the molecule is CC(C)(F)C(=O)C(C#N)C(=O)c1ccc(Cl)cc1[N+](=O)[O-]. The average Bonchev–Trinajstić information content (AvgIpc) is 2.37. The second-order valence-corrected chi connectivity index (χ2v) is 5.12. The molecule has 0 spiro atoms. The molecule has 110 valence electrons. The van der Waals surface area contributed by atoms with Gasteiger partial charge in [-0.1, -0.05) is 11.6 Å². The molecular weight excluding hydrogens is 303 g/mol. The number of halogens is 2. The fourth-order valence-corrected chi connectivity index (χ4v) is 1.77. The number of ketones is 2. The van der Waals surface area contributed by atoms with Gasteiger partial charge in [-0.3, -0.25) is 19.7 Å². The number of carbonyl (C=O) groups excluding carboxylic acids is 2. The molecule has 1 rings (SSSR count). The molecule has 0 amide bonds. The van der Waals surface area contributed by atoms with Crippen molar-refractivity contribution < 1.29 is 18.9 Å². The number of nitro groups is 1. The highest BCUT2D eigenvalue weighted by molar-refractivity contribution is 6.31. The fourth-order valence-electron chi connectivity index (χ4n) is 1.60. The topological polar surface area (TPSA) is 101 Å². The molecule has 8 heteroatoms. The zero-order valence-electron chi connectivity index (χ0n) is 11.1. The molecular formula is C13H10ClFN2O4. The lowest BCUT2D eigenvalue weighted by molar-refractivity contribution is -0.385. The molecule has 1 aromatic rings. The smallest absolute Gasteiger partial charge is 0.281 e. The Hall–Kier alpha value is -2.33. The summed E-state index contributed by atoms with van der Waals surface area (Å²) >= 11 is 5.61. The maximum Gasteiger partial charge on any atom is 0.281 e. The number of nitriles is 1. The van der Waals surface area contributed by atoms with Crippen molar-refractivity contribution in [3.8, 4) is 6.07 Å². The number of nitrogens with zero attached hydrogens (tertiary/aromatic N) is 2. The van der Waals surface area contributed by atoms with Crippen molar-refractivity contribution in [2.45, 2.75) is 19.5 Å². The number of rotatable bonds is 5. The second-order valence-electron chi connectivity index (χ2n) is 4.68. The number of carbonyl (C=O) groups is 2. The fraction of sp³-hybridized carbons (Fsp3) is 0.308. The van der Waals surface area contributed by atoms with E-state index < -0.39 is 39.3 Å². The first-order valence-electron chi connectivity index (χ1n) is 5.70. The van der Waals surface area contributed by atoms with Gasteiger partial charge in [0.05, 0.1) is 16.6 Å². The third kappa shape index (κ3) is 3.61. The van der Waals surface area contributed by atoms with Crippen LogP contribution in [0.2, 0.25) is 5.02 Å². The van der Waals surface area contributed by atoms with Crippen molar-refractivity contribution in [1.82, 2.24) is 0 Å². The number of Topliss-reactive ketones (excluding diaryl/α,β-unsaturated/α-hetero) is 2. The van der Waals surface area contributed by atoms with Crippen LogP contribution in [0.1, 0.15) is 24.2 Å². The number of hydrogen-bond acceptors (Lipinski definition) is 5. The van der Waals surface area contributed by atoms with Gasteiger partial charge in [-0.15, -0.1) is 0 Å². The van der Waals surface area contributed by atoms with Gasteiger partial charge in [-0.2, -0.15) is 5.26 Å². The van der Waals surface area contributed by atoms with Crippen LogP contribution in [0.5, 0.6) is 0 Å². The zero-order valence-corrected chi connectivity index (χ0v) is 11.8. The minimum atomic E-state index is -2.41. The zero-order chi connectivity index (χ0) is 16.4. The Balaban J connectivity index is 3.34. The minimum Gasteiger partial charge on any atom is -0.294 e. The molecule has 0 fully saturated rings. The maximum atomic E-state index is 13.6. The van der Waals surface area contributed by atoms with Gasteiger partial charge in [0.2, 0.25) is 0 Å². The Labute approximate surface area is 124 Å². The summed E-state index contributed by atoms with van der Waals surface area (Å²) in [6, 6.07) is 4.56. The van der Waals surface area contributed by atoms with Gasteiger partial charge in [0.25, 0.3) is 5.69 Å². The van der Waals surface area contributed by atoms with E-state index in [4.69, 9.17) is 16.9 Å². The molecule has 0 aliphatic carbocycles. The van der Waals surface area contributed by atoms with Crippen LogP contribution >= 0.6 is 11.6 Å². The third-order valence-electron chi connectivity index (χ3n) is 2.66.